The van der Waals surface area contributed by atoms with Crippen molar-refractivity contribution in [3.63, 3.8) is 0 Å². The van der Waals surface area contributed by atoms with Gasteiger partial charge in [-0.3, -0.25) is 0 Å². The minimum Gasteiger partial charge on any atom is -0.135 e. The van der Waals surface area contributed by atoms with Crippen molar-refractivity contribution in [2.45, 2.75) is 19.3 Å². The predicted octanol–water partition coefficient (Wildman–Crippen LogP) is 2.90. The maximum atomic E-state index is 5.11. The molecular formula is C11H10S. The van der Waals surface area contributed by atoms with E-state index < -0.39 is 0 Å². The van der Waals surface area contributed by atoms with E-state index in [1.807, 2.05) is 17.5 Å². The van der Waals surface area contributed by atoms with Crippen LogP contribution in [0.2, 0.25) is 0 Å². The number of rotatable bonds is 2. The van der Waals surface area contributed by atoms with Gasteiger partial charge in [0.15, 0.2) is 0 Å². The van der Waals surface area contributed by atoms with Crippen LogP contribution in [-0.2, 0) is 0 Å². The van der Waals surface area contributed by atoms with E-state index in [-0.39, 0.29) is 0 Å². The molecule has 0 radical (unpaired) electrons. The van der Waals surface area contributed by atoms with Crippen molar-refractivity contribution in [3.05, 3.63) is 22.4 Å². The van der Waals surface area contributed by atoms with Gasteiger partial charge in [-0.1, -0.05) is 17.9 Å². The van der Waals surface area contributed by atoms with Crippen molar-refractivity contribution in [1.82, 2.24) is 0 Å². The van der Waals surface area contributed by atoms with Gasteiger partial charge in [0.1, 0.15) is 0 Å². The van der Waals surface area contributed by atoms with E-state index in [0.29, 0.717) is 0 Å². The van der Waals surface area contributed by atoms with Gasteiger partial charge in [-0.05, 0) is 17.9 Å². The van der Waals surface area contributed by atoms with E-state index in [9.17, 15) is 0 Å². The van der Waals surface area contributed by atoms with Crippen LogP contribution in [0, 0.1) is 24.2 Å². The van der Waals surface area contributed by atoms with Gasteiger partial charge in [-0.15, -0.1) is 23.7 Å². The second kappa shape index (κ2) is 5.47. The largest absolute Gasteiger partial charge is 0.135 e. The molecule has 0 saturated heterocycles. The number of terminal acetylenes is 1. The Morgan fingerprint density at radius 2 is 2.33 bits per heavy atom. The van der Waals surface area contributed by atoms with Crippen LogP contribution < -0.4 is 0 Å². The normalized spacial score (nSPS) is 8.25. The van der Waals surface area contributed by atoms with Gasteiger partial charge >= 0.3 is 0 Å². The molecule has 1 heterocycles. The molecule has 1 rings (SSSR count). The fourth-order valence-corrected chi connectivity index (χ4v) is 1.37. The molecule has 0 aliphatic carbocycles. The highest BCUT2D eigenvalue weighted by Crippen LogP contribution is 2.05. The lowest BCUT2D eigenvalue weighted by molar-refractivity contribution is 0.904. The summed E-state index contributed by atoms with van der Waals surface area (Å²) >= 11 is 1.67. The van der Waals surface area contributed by atoms with Crippen LogP contribution in [0.1, 0.15) is 24.1 Å². The summed E-state index contributed by atoms with van der Waals surface area (Å²) in [4.78, 5) is 1.13. The number of hydrogen-bond acceptors (Lipinski definition) is 1. The Morgan fingerprint density at radius 3 is 3.00 bits per heavy atom. The molecule has 60 valence electrons. The van der Waals surface area contributed by atoms with Crippen LogP contribution in [0.3, 0.4) is 0 Å². The Bertz CT molecular complexity index is 303. The van der Waals surface area contributed by atoms with Gasteiger partial charge in [0, 0.05) is 12.8 Å². The minimum absolute atomic E-state index is 0.832. The first-order chi connectivity index (χ1) is 5.93. The van der Waals surface area contributed by atoms with Crippen molar-refractivity contribution in [3.8, 4) is 24.2 Å². The summed E-state index contributed by atoms with van der Waals surface area (Å²) in [5.74, 6) is 8.77. The van der Waals surface area contributed by atoms with E-state index >= 15 is 0 Å². The monoisotopic (exact) mass is 174 g/mol. The van der Waals surface area contributed by atoms with Crippen LogP contribution in [-0.4, -0.2) is 0 Å². The van der Waals surface area contributed by atoms with Gasteiger partial charge in [-0.25, -0.2) is 0 Å². The number of unbranched alkanes of at least 4 members (excludes halogenated alkanes) is 2. The summed E-state index contributed by atoms with van der Waals surface area (Å²) in [6.45, 7) is 0. The first-order valence-electron chi connectivity index (χ1n) is 3.89. The summed E-state index contributed by atoms with van der Waals surface area (Å²) in [5, 5.41) is 2.03. The molecule has 0 aliphatic rings. The van der Waals surface area contributed by atoms with Crippen molar-refractivity contribution < 1.29 is 0 Å². The van der Waals surface area contributed by atoms with Gasteiger partial charge in [-0.2, -0.15) is 0 Å². The standard InChI is InChI=1S/C11H10S/c1-2-3-4-5-6-8-11-9-7-10-12-11/h1,7,9-10H,3-5H2. The average molecular weight is 174 g/mol. The molecule has 1 aromatic heterocycles. The first-order valence-corrected chi connectivity index (χ1v) is 4.77. The van der Waals surface area contributed by atoms with Gasteiger partial charge in [0.2, 0.25) is 0 Å². The average Bonchev–Trinajstić information content (AvgIpc) is 2.57. The van der Waals surface area contributed by atoms with E-state index in [2.05, 4.69) is 17.8 Å². The van der Waals surface area contributed by atoms with Crippen LogP contribution in [0.25, 0.3) is 0 Å². The predicted molar refractivity (Wildman–Crippen MR) is 53.9 cm³/mol. The van der Waals surface area contributed by atoms with E-state index in [0.717, 1.165) is 24.1 Å². The van der Waals surface area contributed by atoms with Crippen molar-refractivity contribution in [2.24, 2.45) is 0 Å². The Hall–Kier alpha value is -1.18. The van der Waals surface area contributed by atoms with Crippen LogP contribution in [0.15, 0.2) is 17.5 Å². The third-order valence-corrected chi connectivity index (χ3v) is 2.14. The smallest absolute Gasteiger partial charge is 0.0768 e. The lowest BCUT2D eigenvalue weighted by Gasteiger charge is -1.82. The third-order valence-electron chi connectivity index (χ3n) is 1.36. The van der Waals surface area contributed by atoms with Crippen LogP contribution in [0.4, 0.5) is 0 Å². The number of thiophene rings is 1. The molecule has 0 unspecified atom stereocenters. The molecule has 12 heavy (non-hydrogen) atoms. The molecule has 0 saturated carbocycles. The zero-order valence-electron chi connectivity index (χ0n) is 6.84. The van der Waals surface area contributed by atoms with Gasteiger partial charge in [0.05, 0.1) is 4.88 Å². The second-order valence-corrected chi connectivity index (χ2v) is 3.28. The summed E-state index contributed by atoms with van der Waals surface area (Å²) in [5.41, 5.74) is 0. The van der Waals surface area contributed by atoms with E-state index in [1.165, 1.54) is 0 Å². The second-order valence-electron chi connectivity index (χ2n) is 2.34. The van der Waals surface area contributed by atoms with Crippen LogP contribution >= 0.6 is 11.3 Å². The summed E-state index contributed by atoms with van der Waals surface area (Å²) in [6, 6.07) is 4.04. The summed E-state index contributed by atoms with van der Waals surface area (Å²) in [6.07, 6.45) is 7.86. The molecule has 0 atom stereocenters. The Balaban J connectivity index is 2.27. The van der Waals surface area contributed by atoms with Crippen LogP contribution in [0.5, 0.6) is 0 Å². The molecule has 1 heteroatoms. The zero-order chi connectivity index (χ0) is 8.65. The maximum Gasteiger partial charge on any atom is 0.0768 e. The highest BCUT2D eigenvalue weighted by atomic mass is 32.1. The summed E-state index contributed by atoms with van der Waals surface area (Å²) in [7, 11) is 0. The molecule has 1 aromatic rings. The fraction of sp³-hybridized carbons (Fsp3) is 0.273. The lowest BCUT2D eigenvalue weighted by Crippen LogP contribution is -1.69. The SMILES string of the molecule is C#CCCCC#Cc1cccs1. The Kier molecular flexibility index (Phi) is 4.06. The molecule has 0 bridgehead atoms. The van der Waals surface area contributed by atoms with Crippen molar-refractivity contribution >= 4 is 11.3 Å². The molecule has 0 aliphatic heterocycles. The lowest BCUT2D eigenvalue weighted by atomic mass is 10.2. The van der Waals surface area contributed by atoms with E-state index in [4.69, 9.17) is 6.42 Å². The Morgan fingerprint density at radius 1 is 1.42 bits per heavy atom. The molecule has 0 fully saturated rings. The van der Waals surface area contributed by atoms with Gasteiger partial charge < -0.3 is 0 Å². The zero-order valence-corrected chi connectivity index (χ0v) is 7.66. The van der Waals surface area contributed by atoms with Crippen molar-refractivity contribution in [1.29, 1.82) is 0 Å². The maximum absolute atomic E-state index is 5.11. The quantitative estimate of drug-likeness (QED) is 0.477. The fourth-order valence-electron chi connectivity index (χ4n) is 0.778. The third kappa shape index (κ3) is 3.28. The molecule has 0 aromatic carbocycles. The number of hydrogen-bond donors (Lipinski definition) is 0. The minimum atomic E-state index is 0.832. The molecule has 0 spiro atoms. The highest BCUT2D eigenvalue weighted by Gasteiger charge is 1.83. The topological polar surface area (TPSA) is 0 Å². The van der Waals surface area contributed by atoms with Gasteiger partial charge in [0.25, 0.3) is 0 Å². The molecule has 0 nitrogen and oxygen atoms in total. The molecular weight excluding hydrogens is 164 g/mol. The molecule has 0 amide bonds. The first kappa shape index (κ1) is 8.91. The molecule has 0 N–H and O–H groups in total. The Labute approximate surface area is 77.6 Å². The summed E-state index contributed by atoms with van der Waals surface area (Å²) < 4.78 is 0. The van der Waals surface area contributed by atoms with E-state index in [1.54, 1.807) is 11.3 Å². The highest BCUT2D eigenvalue weighted by molar-refractivity contribution is 7.10. The van der Waals surface area contributed by atoms with Crippen molar-refractivity contribution in [2.75, 3.05) is 0 Å².